The monoisotopic (exact) mass is 518 g/mol. The molecule has 1 amide bonds. The van der Waals surface area contributed by atoms with Gasteiger partial charge in [-0.2, -0.15) is 0 Å². The van der Waals surface area contributed by atoms with Crippen LogP contribution in [0.15, 0.2) is 88.8 Å². The molecule has 1 N–H and O–H groups in total. The molecule has 0 aliphatic carbocycles. The molecule has 0 bridgehead atoms. The summed E-state index contributed by atoms with van der Waals surface area (Å²) < 4.78 is 6.19. The highest BCUT2D eigenvalue weighted by Crippen LogP contribution is 2.35. The van der Waals surface area contributed by atoms with Crippen molar-refractivity contribution in [1.82, 2.24) is 5.32 Å². The van der Waals surface area contributed by atoms with E-state index in [0.29, 0.717) is 25.9 Å². The Morgan fingerprint density at radius 3 is 2.60 bits per heavy atom. The number of hydrogen-bond acceptors (Lipinski definition) is 4. The minimum Gasteiger partial charge on any atom is -0.488 e. The highest BCUT2D eigenvalue weighted by molar-refractivity contribution is 8.18. The van der Waals surface area contributed by atoms with Crippen LogP contribution in [-0.4, -0.2) is 11.1 Å². The second-order valence-corrected chi connectivity index (χ2v) is 9.91. The van der Waals surface area contributed by atoms with E-state index in [9.17, 15) is 4.79 Å². The second-order valence-electron chi connectivity index (χ2n) is 8.04. The highest BCUT2D eigenvalue weighted by atomic mass is 35.5. The van der Waals surface area contributed by atoms with Crippen LogP contribution in [0.3, 0.4) is 0 Å². The molecule has 5 rings (SSSR count). The first-order valence-corrected chi connectivity index (χ1v) is 12.5. The van der Waals surface area contributed by atoms with E-state index in [1.165, 1.54) is 11.8 Å². The molecule has 4 aromatic rings. The summed E-state index contributed by atoms with van der Waals surface area (Å²) in [4.78, 5) is 17.9. The van der Waals surface area contributed by atoms with Crippen LogP contribution in [0.4, 0.5) is 5.69 Å². The standard InChI is InChI=1S/C28H20Cl2N2O2S/c1-17-6-11-21(12-7-17)31-28-32-27(33)26(35-28)15-23-22-5-3-2-4-18(22)9-13-25(23)34-16-19-8-10-20(29)14-24(19)30/h2-15H,16H2,1H3,(H,31,32,33)/b26-15+. The third-order valence-corrected chi connectivity index (χ3v) is 7.02. The molecule has 0 unspecified atom stereocenters. The SMILES string of the molecule is Cc1ccc(N=C2NC(=O)/C(=C\c3c(OCc4ccc(Cl)cc4Cl)ccc4ccccc34)S2)cc1. The van der Waals surface area contributed by atoms with E-state index in [0.717, 1.165) is 33.2 Å². The zero-order chi connectivity index (χ0) is 24.4. The van der Waals surface area contributed by atoms with Gasteiger partial charge in [0.25, 0.3) is 5.91 Å². The number of carbonyl (C=O) groups is 1. The van der Waals surface area contributed by atoms with Gasteiger partial charge in [-0.15, -0.1) is 0 Å². The molecule has 0 aromatic heterocycles. The molecule has 0 saturated carbocycles. The third-order valence-electron chi connectivity index (χ3n) is 5.52. The summed E-state index contributed by atoms with van der Waals surface area (Å²) in [6.45, 7) is 2.29. The third kappa shape index (κ3) is 5.38. The lowest BCUT2D eigenvalue weighted by atomic mass is 10.0. The molecular formula is C28H20Cl2N2O2S. The van der Waals surface area contributed by atoms with Crippen LogP contribution in [0.25, 0.3) is 16.8 Å². The Kier molecular flexibility index (Phi) is 6.82. The first kappa shape index (κ1) is 23.5. The summed E-state index contributed by atoms with van der Waals surface area (Å²) in [5, 5.41) is 6.55. The lowest BCUT2D eigenvalue weighted by Gasteiger charge is -2.13. The maximum atomic E-state index is 12.8. The van der Waals surface area contributed by atoms with Gasteiger partial charge in [0, 0.05) is 21.2 Å². The van der Waals surface area contributed by atoms with Gasteiger partial charge in [0.2, 0.25) is 0 Å². The van der Waals surface area contributed by atoms with Crippen molar-refractivity contribution in [3.63, 3.8) is 0 Å². The summed E-state index contributed by atoms with van der Waals surface area (Å²) in [6, 6.07) is 25.1. The van der Waals surface area contributed by atoms with Crippen LogP contribution in [0, 0.1) is 6.92 Å². The van der Waals surface area contributed by atoms with Gasteiger partial charge >= 0.3 is 0 Å². The molecule has 1 fully saturated rings. The lowest BCUT2D eigenvalue weighted by Crippen LogP contribution is -2.19. The van der Waals surface area contributed by atoms with Gasteiger partial charge in [0.1, 0.15) is 12.4 Å². The molecule has 174 valence electrons. The van der Waals surface area contributed by atoms with Gasteiger partial charge in [-0.25, -0.2) is 4.99 Å². The molecule has 1 aliphatic heterocycles. The number of thioether (sulfide) groups is 1. The summed E-state index contributed by atoms with van der Waals surface area (Å²) >= 11 is 13.7. The van der Waals surface area contributed by atoms with Gasteiger partial charge < -0.3 is 10.1 Å². The van der Waals surface area contributed by atoms with Gasteiger partial charge in [-0.3, -0.25) is 4.79 Å². The van der Waals surface area contributed by atoms with Crippen LogP contribution in [0.1, 0.15) is 16.7 Å². The summed E-state index contributed by atoms with van der Waals surface area (Å²) in [5.41, 5.74) is 3.58. The molecule has 7 heteroatoms. The Balaban J connectivity index is 1.48. The van der Waals surface area contributed by atoms with E-state index in [1.807, 2.05) is 79.7 Å². The minimum absolute atomic E-state index is 0.194. The number of amides is 1. The normalized spacial score (nSPS) is 15.7. The first-order chi connectivity index (χ1) is 17.0. The van der Waals surface area contributed by atoms with Crippen LogP contribution in [0.5, 0.6) is 5.75 Å². The average Bonchev–Trinajstić information content (AvgIpc) is 3.19. The predicted octanol–water partition coefficient (Wildman–Crippen LogP) is 7.93. The number of rotatable bonds is 5. The van der Waals surface area contributed by atoms with Crippen molar-refractivity contribution in [1.29, 1.82) is 0 Å². The molecular weight excluding hydrogens is 499 g/mol. The molecule has 4 aromatic carbocycles. The van der Waals surface area contributed by atoms with Gasteiger partial charge in [-0.05, 0) is 65.9 Å². The molecule has 1 heterocycles. The van der Waals surface area contributed by atoms with E-state index in [1.54, 1.807) is 12.1 Å². The molecule has 1 aliphatic rings. The minimum atomic E-state index is -0.194. The quantitative estimate of drug-likeness (QED) is 0.273. The van der Waals surface area contributed by atoms with E-state index in [-0.39, 0.29) is 12.5 Å². The van der Waals surface area contributed by atoms with Crippen LogP contribution >= 0.6 is 35.0 Å². The zero-order valence-corrected chi connectivity index (χ0v) is 21.0. The second kappa shape index (κ2) is 10.2. The number of halogens is 2. The van der Waals surface area contributed by atoms with E-state index >= 15 is 0 Å². The molecule has 0 spiro atoms. The van der Waals surface area contributed by atoms with Crippen molar-refractivity contribution in [2.45, 2.75) is 13.5 Å². The Labute approximate surface area is 217 Å². The number of nitrogens with one attached hydrogen (secondary N) is 1. The Bertz CT molecular complexity index is 1500. The van der Waals surface area contributed by atoms with Crippen LogP contribution in [0.2, 0.25) is 10.0 Å². The zero-order valence-electron chi connectivity index (χ0n) is 18.7. The van der Waals surface area contributed by atoms with Gasteiger partial charge in [0.05, 0.1) is 10.6 Å². The van der Waals surface area contributed by atoms with Gasteiger partial charge in [0.15, 0.2) is 5.17 Å². The van der Waals surface area contributed by atoms with Crippen molar-refractivity contribution in [2.24, 2.45) is 4.99 Å². The average molecular weight is 519 g/mol. The van der Waals surface area contributed by atoms with E-state index in [4.69, 9.17) is 27.9 Å². The van der Waals surface area contributed by atoms with Crippen LogP contribution < -0.4 is 10.1 Å². The van der Waals surface area contributed by atoms with Crippen molar-refractivity contribution >= 4 is 68.6 Å². The lowest BCUT2D eigenvalue weighted by molar-refractivity contribution is -0.115. The fourth-order valence-corrected chi connectivity index (χ4v) is 4.98. The number of hydrogen-bond donors (Lipinski definition) is 1. The van der Waals surface area contributed by atoms with Gasteiger partial charge in [-0.1, -0.05) is 77.3 Å². The molecule has 1 saturated heterocycles. The fraction of sp³-hybridized carbons (Fsp3) is 0.0714. The maximum absolute atomic E-state index is 12.8. The number of aliphatic imine (C=N–C) groups is 1. The van der Waals surface area contributed by atoms with Crippen molar-refractivity contribution in [2.75, 3.05) is 0 Å². The molecule has 0 radical (unpaired) electrons. The number of nitrogens with zero attached hydrogens (tertiary/aromatic N) is 1. The van der Waals surface area contributed by atoms with Crippen molar-refractivity contribution in [3.05, 3.63) is 111 Å². The number of aryl methyl sites for hydroxylation is 1. The molecule has 0 atom stereocenters. The Morgan fingerprint density at radius 1 is 1.00 bits per heavy atom. The number of fused-ring (bicyclic) bond motifs is 1. The predicted molar refractivity (Wildman–Crippen MR) is 147 cm³/mol. The smallest absolute Gasteiger partial charge is 0.264 e. The number of carbonyl (C=O) groups excluding carboxylic acids is 1. The number of ether oxygens (including phenoxy) is 1. The van der Waals surface area contributed by atoms with Crippen molar-refractivity contribution in [3.8, 4) is 5.75 Å². The fourth-order valence-electron chi connectivity index (χ4n) is 3.69. The largest absolute Gasteiger partial charge is 0.488 e. The van der Waals surface area contributed by atoms with E-state index < -0.39 is 0 Å². The molecule has 4 nitrogen and oxygen atoms in total. The van der Waals surface area contributed by atoms with E-state index in [2.05, 4.69) is 10.3 Å². The number of benzene rings is 4. The molecule has 35 heavy (non-hydrogen) atoms. The van der Waals surface area contributed by atoms with Crippen molar-refractivity contribution < 1.29 is 9.53 Å². The summed E-state index contributed by atoms with van der Waals surface area (Å²) in [6.07, 6.45) is 1.86. The summed E-state index contributed by atoms with van der Waals surface area (Å²) in [7, 11) is 0. The Hall–Kier alpha value is -3.25. The highest BCUT2D eigenvalue weighted by Gasteiger charge is 2.25. The maximum Gasteiger partial charge on any atom is 0.264 e. The summed E-state index contributed by atoms with van der Waals surface area (Å²) in [5.74, 6) is 0.458. The first-order valence-electron chi connectivity index (χ1n) is 10.9. The van der Waals surface area contributed by atoms with Crippen LogP contribution in [-0.2, 0) is 11.4 Å². The topological polar surface area (TPSA) is 50.7 Å². The Morgan fingerprint density at radius 2 is 1.80 bits per heavy atom. The number of amidine groups is 1.